The fourth-order valence-electron chi connectivity index (χ4n) is 8.90. The summed E-state index contributed by atoms with van der Waals surface area (Å²) in [6.45, 7) is 5.10. The Labute approximate surface area is 316 Å². The standard InChI is InChI=1S/C40H46Cl4N2O4/c1-40-17-16-34-33-13-11-32(49-38(47)27-2-7-30(8-3-27)45(22-18-41)23-19-42)26-29(33)6-12-35(34)36(40)14-15-37(40)50-39(48)28-4-9-31(10-5-28)46(24-20-43)25-21-44/h2-5,7-11,13,26,34-37H,6,12,14-25H2,1H3. The second-order valence-electron chi connectivity index (χ2n) is 14.0. The first-order valence-corrected chi connectivity index (χ1v) is 19.9. The summed E-state index contributed by atoms with van der Waals surface area (Å²) in [6, 6.07) is 21.2. The van der Waals surface area contributed by atoms with Crippen LogP contribution in [0.15, 0.2) is 66.7 Å². The molecule has 3 aliphatic rings. The average molecular weight is 761 g/mol. The molecule has 0 aliphatic heterocycles. The molecule has 0 saturated heterocycles. The van der Waals surface area contributed by atoms with E-state index in [1.54, 1.807) is 12.1 Å². The number of carbonyl (C=O) groups excluding carboxylic acids is 2. The highest BCUT2D eigenvalue weighted by molar-refractivity contribution is 6.19. The molecule has 5 unspecified atom stereocenters. The van der Waals surface area contributed by atoms with Crippen LogP contribution in [0.1, 0.15) is 76.8 Å². The van der Waals surface area contributed by atoms with E-state index in [0.29, 0.717) is 84.3 Å². The molecule has 6 nitrogen and oxygen atoms in total. The lowest BCUT2D eigenvalue weighted by Crippen LogP contribution is -2.45. The highest BCUT2D eigenvalue weighted by Crippen LogP contribution is 2.61. The molecular formula is C40H46Cl4N2O4. The maximum absolute atomic E-state index is 13.4. The Kier molecular flexibility index (Phi) is 12.5. The summed E-state index contributed by atoms with van der Waals surface area (Å²) < 4.78 is 12.1. The molecule has 0 N–H and O–H groups in total. The van der Waals surface area contributed by atoms with Crippen molar-refractivity contribution in [2.75, 3.05) is 59.5 Å². The van der Waals surface area contributed by atoms with Crippen molar-refractivity contribution in [1.82, 2.24) is 0 Å². The van der Waals surface area contributed by atoms with Crippen LogP contribution in [0.5, 0.6) is 5.75 Å². The number of benzene rings is 3. The van der Waals surface area contributed by atoms with Crippen LogP contribution < -0.4 is 14.5 Å². The Morgan fingerprint density at radius 3 is 1.84 bits per heavy atom. The first-order chi connectivity index (χ1) is 24.3. The van der Waals surface area contributed by atoms with Crippen LogP contribution >= 0.6 is 46.4 Å². The van der Waals surface area contributed by atoms with Gasteiger partial charge in [0.05, 0.1) is 11.1 Å². The van der Waals surface area contributed by atoms with E-state index < -0.39 is 0 Å². The van der Waals surface area contributed by atoms with Crippen molar-refractivity contribution in [2.45, 2.75) is 57.5 Å². The van der Waals surface area contributed by atoms with Gasteiger partial charge in [-0.15, -0.1) is 46.4 Å². The molecule has 2 saturated carbocycles. The van der Waals surface area contributed by atoms with E-state index in [4.69, 9.17) is 55.9 Å². The van der Waals surface area contributed by atoms with Gasteiger partial charge >= 0.3 is 11.9 Å². The van der Waals surface area contributed by atoms with Crippen molar-refractivity contribution in [3.63, 3.8) is 0 Å². The Hall–Kier alpha value is -2.64. The zero-order valence-corrected chi connectivity index (χ0v) is 31.6. The summed E-state index contributed by atoms with van der Waals surface area (Å²) in [5, 5.41) is 0. The lowest BCUT2D eigenvalue weighted by Gasteiger charge is -2.50. The number of esters is 2. The number of ether oxygens (including phenoxy) is 2. The predicted molar refractivity (Wildman–Crippen MR) is 205 cm³/mol. The molecule has 3 aliphatic carbocycles. The zero-order valence-electron chi connectivity index (χ0n) is 28.6. The molecule has 10 heteroatoms. The van der Waals surface area contributed by atoms with Crippen LogP contribution in [0.4, 0.5) is 11.4 Å². The van der Waals surface area contributed by atoms with Crippen molar-refractivity contribution >= 4 is 69.7 Å². The lowest BCUT2D eigenvalue weighted by molar-refractivity contribution is -0.0427. The third kappa shape index (κ3) is 7.89. The third-order valence-corrected chi connectivity index (χ3v) is 12.1. The molecule has 2 fully saturated rings. The Balaban J connectivity index is 1.08. The third-order valence-electron chi connectivity index (χ3n) is 11.4. The summed E-state index contributed by atoms with van der Waals surface area (Å²) in [4.78, 5) is 30.6. The van der Waals surface area contributed by atoms with Crippen molar-refractivity contribution < 1.29 is 19.1 Å². The normalized spacial score (nSPS) is 23.7. The van der Waals surface area contributed by atoms with Gasteiger partial charge in [-0.2, -0.15) is 0 Å². The number of hydrogen-bond acceptors (Lipinski definition) is 6. The Morgan fingerprint density at radius 1 is 0.720 bits per heavy atom. The molecule has 0 bridgehead atoms. The smallest absolute Gasteiger partial charge is 0.343 e. The van der Waals surface area contributed by atoms with Gasteiger partial charge in [0.15, 0.2) is 0 Å². The van der Waals surface area contributed by atoms with Gasteiger partial charge < -0.3 is 19.3 Å². The number of fused-ring (bicyclic) bond motifs is 5. The minimum atomic E-state index is -0.373. The quantitative estimate of drug-likeness (QED) is 0.0928. The summed E-state index contributed by atoms with van der Waals surface area (Å²) in [5.74, 6) is 3.47. The molecule has 0 radical (unpaired) electrons. The Bertz CT molecular complexity index is 1610. The lowest BCUT2D eigenvalue weighted by atomic mass is 9.55. The molecule has 3 aromatic rings. The SMILES string of the molecule is CC12CCC3c4ccc(OC(=O)c5ccc(N(CCCl)CCCl)cc5)cc4CCC3C1CCC2OC(=O)c1ccc(N(CCCl)CCCl)cc1. The van der Waals surface area contributed by atoms with Gasteiger partial charge in [-0.25, -0.2) is 9.59 Å². The average Bonchev–Trinajstić information content (AvgIpc) is 3.46. The maximum Gasteiger partial charge on any atom is 0.343 e. The number of anilines is 2. The number of halogens is 4. The van der Waals surface area contributed by atoms with E-state index >= 15 is 0 Å². The van der Waals surface area contributed by atoms with Gasteiger partial charge in [-0.05, 0) is 128 Å². The Morgan fingerprint density at radius 2 is 1.28 bits per heavy atom. The molecule has 0 spiro atoms. The van der Waals surface area contributed by atoms with Crippen LogP contribution in [0.3, 0.4) is 0 Å². The molecule has 0 amide bonds. The summed E-state index contributed by atoms with van der Waals surface area (Å²) in [7, 11) is 0. The van der Waals surface area contributed by atoms with Gasteiger partial charge in [-0.3, -0.25) is 0 Å². The molecule has 268 valence electrons. The molecule has 5 atom stereocenters. The van der Waals surface area contributed by atoms with Crippen LogP contribution in [0.25, 0.3) is 0 Å². The van der Waals surface area contributed by atoms with E-state index in [0.717, 1.165) is 49.9 Å². The predicted octanol–water partition coefficient (Wildman–Crippen LogP) is 9.56. The van der Waals surface area contributed by atoms with E-state index in [2.05, 4.69) is 28.9 Å². The second kappa shape index (κ2) is 16.8. The first-order valence-electron chi connectivity index (χ1n) is 17.8. The number of carbonyl (C=O) groups is 2. The van der Waals surface area contributed by atoms with E-state index in [-0.39, 0.29) is 23.5 Å². The summed E-state index contributed by atoms with van der Waals surface area (Å²) >= 11 is 23.9. The second-order valence-corrected chi connectivity index (χ2v) is 15.5. The van der Waals surface area contributed by atoms with Gasteiger partial charge in [0.1, 0.15) is 11.9 Å². The molecule has 6 rings (SSSR count). The van der Waals surface area contributed by atoms with Gasteiger partial charge in [0.2, 0.25) is 0 Å². The van der Waals surface area contributed by atoms with Crippen LogP contribution in [0, 0.1) is 17.3 Å². The number of rotatable bonds is 14. The van der Waals surface area contributed by atoms with Gasteiger partial charge in [0, 0.05) is 66.5 Å². The van der Waals surface area contributed by atoms with E-state index in [9.17, 15) is 9.59 Å². The monoisotopic (exact) mass is 758 g/mol. The van der Waals surface area contributed by atoms with E-state index in [1.807, 2.05) is 42.5 Å². The zero-order chi connectivity index (χ0) is 35.3. The number of hydrogen-bond donors (Lipinski definition) is 0. The largest absolute Gasteiger partial charge is 0.458 e. The minimum Gasteiger partial charge on any atom is -0.458 e. The van der Waals surface area contributed by atoms with Crippen molar-refractivity contribution in [3.8, 4) is 5.75 Å². The van der Waals surface area contributed by atoms with Crippen molar-refractivity contribution in [1.29, 1.82) is 0 Å². The fraction of sp³-hybridized carbons (Fsp3) is 0.500. The van der Waals surface area contributed by atoms with Crippen molar-refractivity contribution in [3.05, 3.63) is 89.0 Å². The van der Waals surface area contributed by atoms with Gasteiger partial charge in [0.25, 0.3) is 0 Å². The molecule has 0 heterocycles. The first kappa shape index (κ1) is 37.1. The molecule has 50 heavy (non-hydrogen) atoms. The number of nitrogens with zero attached hydrogens (tertiary/aromatic N) is 2. The fourth-order valence-corrected chi connectivity index (χ4v) is 9.71. The van der Waals surface area contributed by atoms with Crippen molar-refractivity contribution in [2.24, 2.45) is 17.3 Å². The molecular weight excluding hydrogens is 714 g/mol. The molecule has 0 aromatic heterocycles. The minimum absolute atomic E-state index is 0.0399. The number of alkyl halides is 4. The van der Waals surface area contributed by atoms with Gasteiger partial charge in [-0.1, -0.05) is 13.0 Å². The van der Waals surface area contributed by atoms with Crippen LogP contribution in [-0.2, 0) is 11.2 Å². The van der Waals surface area contributed by atoms with Crippen LogP contribution in [0.2, 0.25) is 0 Å². The highest BCUT2D eigenvalue weighted by Gasteiger charge is 2.56. The van der Waals surface area contributed by atoms with E-state index in [1.165, 1.54) is 11.1 Å². The summed E-state index contributed by atoms with van der Waals surface area (Å²) in [5.41, 5.74) is 5.65. The molecule has 3 aromatic carbocycles. The summed E-state index contributed by atoms with van der Waals surface area (Å²) in [6.07, 6.45) is 5.97. The number of aryl methyl sites for hydroxylation is 1. The topological polar surface area (TPSA) is 59.1 Å². The maximum atomic E-state index is 13.4. The highest BCUT2D eigenvalue weighted by atomic mass is 35.5. The van der Waals surface area contributed by atoms with Crippen LogP contribution in [-0.4, -0.2) is 67.7 Å².